The minimum absolute atomic E-state index is 0.367. The molecule has 1 unspecified atom stereocenters. The van der Waals surface area contributed by atoms with Crippen molar-refractivity contribution in [3.63, 3.8) is 0 Å². The van der Waals surface area contributed by atoms with Gasteiger partial charge in [-0.15, -0.1) is 0 Å². The zero-order valence-electron chi connectivity index (χ0n) is 12.0. The van der Waals surface area contributed by atoms with Crippen LogP contribution in [0.5, 0.6) is 0 Å². The molecule has 19 heavy (non-hydrogen) atoms. The van der Waals surface area contributed by atoms with Crippen molar-refractivity contribution in [2.24, 2.45) is 0 Å². The third-order valence-corrected chi connectivity index (χ3v) is 3.04. The van der Waals surface area contributed by atoms with Gasteiger partial charge in [-0.3, -0.25) is 4.79 Å². The van der Waals surface area contributed by atoms with Crippen molar-refractivity contribution in [3.8, 4) is 0 Å². The summed E-state index contributed by atoms with van der Waals surface area (Å²) in [6, 6.07) is 0. The number of hydrogen-bond acceptors (Lipinski definition) is 5. The molecule has 0 spiro atoms. The first-order valence-corrected chi connectivity index (χ1v) is 6.19. The first kappa shape index (κ1) is 15.2. The van der Waals surface area contributed by atoms with Gasteiger partial charge in [-0.1, -0.05) is 18.5 Å². The van der Waals surface area contributed by atoms with Crippen molar-refractivity contribution in [2.45, 2.75) is 46.1 Å². The molecule has 106 valence electrons. The molecule has 0 aliphatic rings. The minimum Gasteiger partial charge on any atom is -0.467 e. The molecular weight excluding hydrogens is 248 g/mol. The van der Waals surface area contributed by atoms with Crippen LogP contribution in [-0.2, 0) is 9.53 Å². The molecule has 0 fully saturated rings. The molecule has 0 aromatic carbocycles. The number of aryl methyl sites for hydroxylation is 2. The van der Waals surface area contributed by atoms with Crippen LogP contribution in [0.1, 0.15) is 48.5 Å². The lowest BCUT2D eigenvalue weighted by Gasteiger charge is -2.27. The van der Waals surface area contributed by atoms with E-state index in [1.54, 1.807) is 20.8 Å². The Hall–Kier alpha value is -1.85. The zero-order chi connectivity index (χ0) is 14.6. The van der Waals surface area contributed by atoms with Crippen LogP contribution in [0.15, 0.2) is 4.52 Å². The van der Waals surface area contributed by atoms with Crippen molar-refractivity contribution in [1.29, 1.82) is 0 Å². The highest BCUT2D eigenvalue weighted by Crippen LogP contribution is 2.18. The monoisotopic (exact) mass is 268 g/mol. The number of carbonyl (C=O) groups excluding carboxylic acids is 2. The van der Waals surface area contributed by atoms with Crippen molar-refractivity contribution in [2.75, 3.05) is 7.11 Å². The van der Waals surface area contributed by atoms with Gasteiger partial charge in [0.2, 0.25) is 0 Å². The van der Waals surface area contributed by atoms with Gasteiger partial charge in [0, 0.05) is 0 Å². The van der Waals surface area contributed by atoms with Crippen molar-refractivity contribution in [3.05, 3.63) is 17.0 Å². The average molecular weight is 268 g/mol. The third kappa shape index (κ3) is 3.13. The van der Waals surface area contributed by atoms with Crippen molar-refractivity contribution >= 4 is 11.9 Å². The van der Waals surface area contributed by atoms with Crippen LogP contribution in [0, 0.1) is 13.8 Å². The van der Waals surface area contributed by atoms with E-state index < -0.39 is 11.5 Å². The highest BCUT2D eigenvalue weighted by molar-refractivity contribution is 5.99. The molecule has 0 bridgehead atoms. The Balaban J connectivity index is 2.98. The number of nitrogens with zero attached hydrogens (tertiary/aromatic N) is 1. The standard InChI is InChI=1S/C13H20N2O4/c1-6-7-13(4,12(17)18-5)14-11(16)10-8(2)15-19-9(10)3/h6-7H2,1-5H3,(H,14,16). The number of aromatic nitrogens is 1. The summed E-state index contributed by atoms with van der Waals surface area (Å²) in [5.74, 6) is -0.411. The first-order chi connectivity index (χ1) is 8.85. The van der Waals surface area contributed by atoms with E-state index in [0.717, 1.165) is 6.42 Å². The molecule has 6 nitrogen and oxygen atoms in total. The second-order valence-electron chi connectivity index (χ2n) is 4.73. The lowest BCUT2D eigenvalue weighted by atomic mass is 9.95. The van der Waals surface area contributed by atoms with Gasteiger partial charge < -0.3 is 14.6 Å². The topological polar surface area (TPSA) is 81.4 Å². The van der Waals surface area contributed by atoms with Crippen LogP contribution in [0.2, 0.25) is 0 Å². The van der Waals surface area contributed by atoms with Gasteiger partial charge in [0.05, 0.1) is 12.8 Å². The Morgan fingerprint density at radius 3 is 2.47 bits per heavy atom. The van der Waals surface area contributed by atoms with Crippen LogP contribution in [0.25, 0.3) is 0 Å². The maximum Gasteiger partial charge on any atom is 0.331 e. The smallest absolute Gasteiger partial charge is 0.331 e. The molecule has 0 aliphatic carbocycles. The molecule has 0 radical (unpaired) electrons. The molecule has 1 aromatic rings. The number of carbonyl (C=O) groups is 2. The van der Waals surface area contributed by atoms with Gasteiger partial charge in [0.25, 0.3) is 5.91 Å². The predicted octanol–water partition coefficient (Wildman–Crippen LogP) is 1.75. The maximum atomic E-state index is 12.2. The molecule has 0 saturated carbocycles. The number of nitrogens with one attached hydrogen (secondary N) is 1. The van der Waals surface area contributed by atoms with E-state index in [4.69, 9.17) is 9.26 Å². The lowest BCUT2D eigenvalue weighted by molar-refractivity contribution is -0.147. The third-order valence-electron chi connectivity index (χ3n) is 3.04. The van der Waals surface area contributed by atoms with Gasteiger partial charge in [0.1, 0.15) is 16.9 Å². The molecule has 1 amide bonds. The molecule has 1 atom stereocenters. The number of ether oxygens (including phenoxy) is 1. The summed E-state index contributed by atoms with van der Waals surface area (Å²) in [6.45, 7) is 6.92. The molecule has 1 aromatic heterocycles. The van der Waals surface area contributed by atoms with Gasteiger partial charge in [-0.05, 0) is 27.2 Å². The second kappa shape index (κ2) is 5.86. The van der Waals surface area contributed by atoms with E-state index >= 15 is 0 Å². The fourth-order valence-electron chi connectivity index (χ4n) is 2.06. The summed E-state index contributed by atoms with van der Waals surface area (Å²) < 4.78 is 9.70. The normalized spacial score (nSPS) is 13.7. The number of esters is 1. The Kier molecular flexibility index (Phi) is 4.69. The summed E-state index contributed by atoms with van der Waals surface area (Å²) in [7, 11) is 1.30. The maximum absolute atomic E-state index is 12.2. The largest absolute Gasteiger partial charge is 0.467 e. The number of hydrogen-bond donors (Lipinski definition) is 1. The SMILES string of the molecule is CCCC(C)(NC(=O)c1c(C)noc1C)C(=O)OC. The number of amides is 1. The molecule has 1 rings (SSSR count). The Morgan fingerprint density at radius 1 is 1.42 bits per heavy atom. The Labute approximate surface area is 112 Å². The quantitative estimate of drug-likeness (QED) is 0.823. The van der Waals surface area contributed by atoms with Crippen LogP contribution in [-0.4, -0.2) is 29.7 Å². The Bertz CT molecular complexity index is 461. The second-order valence-corrected chi connectivity index (χ2v) is 4.73. The summed E-state index contributed by atoms with van der Waals surface area (Å²) >= 11 is 0. The average Bonchev–Trinajstić information content (AvgIpc) is 2.68. The molecule has 0 saturated heterocycles. The fourth-order valence-corrected chi connectivity index (χ4v) is 2.06. The number of methoxy groups -OCH3 is 1. The lowest BCUT2D eigenvalue weighted by Crippen LogP contribution is -2.52. The summed E-state index contributed by atoms with van der Waals surface area (Å²) in [4.78, 5) is 24.1. The van der Waals surface area contributed by atoms with Crippen LogP contribution in [0.3, 0.4) is 0 Å². The van der Waals surface area contributed by atoms with Crippen LogP contribution in [0.4, 0.5) is 0 Å². The summed E-state index contributed by atoms with van der Waals surface area (Å²) in [5.41, 5.74) is -0.179. The Morgan fingerprint density at radius 2 is 2.05 bits per heavy atom. The van der Waals surface area contributed by atoms with Crippen LogP contribution >= 0.6 is 0 Å². The molecule has 1 N–H and O–H groups in total. The first-order valence-electron chi connectivity index (χ1n) is 6.19. The fraction of sp³-hybridized carbons (Fsp3) is 0.615. The van der Waals surface area contributed by atoms with Crippen molar-refractivity contribution < 1.29 is 18.8 Å². The zero-order valence-corrected chi connectivity index (χ0v) is 12.0. The number of rotatable bonds is 5. The van der Waals surface area contributed by atoms with E-state index in [2.05, 4.69) is 10.5 Å². The van der Waals surface area contributed by atoms with E-state index in [-0.39, 0.29) is 5.91 Å². The predicted molar refractivity (Wildman–Crippen MR) is 68.8 cm³/mol. The van der Waals surface area contributed by atoms with E-state index in [1.165, 1.54) is 7.11 Å². The van der Waals surface area contributed by atoms with Gasteiger partial charge in [-0.25, -0.2) is 4.79 Å². The van der Waals surface area contributed by atoms with E-state index in [0.29, 0.717) is 23.4 Å². The van der Waals surface area contributed by atoms with Gasteiger partial charge in [0.15, 0.2) is 0 Å². The van der Waals surface area contributed by atoms with E-state index in [9.17, 15) is 9.59 Å². The highest BCUT2D eigenvalue weighted by Gasteiger charge is 2.36. The van der Waals surface area contributed by atoms with Crippen LogP contribution < -0.4 is 5.32 Å². The minimum atomic E-state index is -1.04. The molecular formula is C13H20N2O4. The molecule has 6 heteroatoms. The van der Waals surface area contributed by atoms with Crippen molar-refractivity contribution in [1.82, 2.24) is 10.5 Å². The van der Waals surface area contributed by atoms with Gasteiger partial charge >= 0.3 is 5.97 Å². The molecule has 0 aliphatic heterocycles. The summed E-state index contributed by atoms with van der Waals surface area (Å²) in [6.07, 6.45) is 1.24. The molecule has 1 heterocycles. The summed E-state index contributed by atoms with van der Waals surface area (Å²) in [5, 5.41) is 6.44. The van der Waals surface area contributed by atoms with E-state index in [1.807, 2.05) is 6.92 Å². The van der Waals surface area contributed by atoms with Gasteiger partial charge in [-0.2, -0.15) is 0 Å². The highest BCUT2D eigenvalue weighted by atomic mass is 16.5.